The Morgan fingerprint density at radius 2 is 2.33 bits per heavy atom. The lowest BCUT2D eigenvalue weighted by Gasteiger charge is -1.98. The quantitative estimate of drug-likeness (QED) is 0.718. The van der Waals surface area contributed by atoms with E-state index in [0.717, 1.165) is 0 Å². The molecule has 0 atom stereocenters. The SMILES string of the molecule is CNCC(=O)c1ccc2oc(=O)[nH]c2c1. The number of ketones is 1. The number of benzene rings is 1. The predicted octanol–water partition coefficient (Wildman–Crippen LogP) is 0.523. The molecule has 0 saturated heterocycles. The van der Waals surface area contributed by atoms with Gasteiger partial charge in [-0.2, -0.15) is 0 Å². The van der Waals surface area contributed by atoms with Crippen LogP contribution in [-0.2, 0) is 0 Å². The van der Waals surface area contributed by atoms with Crippen LogP contribution in [0.1, 0.15) is 10.4 Å². The third kappa shape index (κ3) is 1.82. The molecular formula is C10H10N2O3. The average molecular weight is 206 g/mol. The summed E-state index contributed by atoms with van der Waals surface area (Å²) in [6.45, 7) is 0.271. The van der Waals surface area contributed by atoms with Gasteiger partial charge < -0.3 is 9.73 Å². The minimum atomic E-state index is -0.511. The van der Waals surface area contributed by atoms with Crippen LogP contribution in [0.25, 0.3) is 11.1 Å². The fourth-order valence-corrected chi connectivity index (χ4v) is 1.39. The van der Waals surface area contributed by atoms with E-state index in [1.807, 2.05) is 0 Å². The molecule has 0 unspecified atom stereocenters. The number of oxazole rings is 1. The van der Waals surface area contributed by atoms with Crippen molar-refractivity contribution in [2.45, 2.75) is 0 Å². The molecule has 0 aliphatic carbocycles. The van der Waals surface area contributed by atoms with Crippen LogP contribution in [0.3, 0.4) is 0 Å². The summed E-state index contributed by atoms with van der Waals surface area (Å²) in [6.07, 6.45) is 0. The van der Waals surface area contributed by atoms with Gasteiger partial charge in [-0.05, 0) is 25.2 Å². The second kappa shape index (κ2) is 3.70. The molecule has 5 heteroatoms. The van der Waals surface area contributed by atoms with E-state index >= 15 is 0 Å². The molecule has 1 aromatic heterocycles. The van der Waals surface area contributed by atoms with Crippen molar-refractivity contribution in [2.24, 2.45) is 0 Å². The molecule has 0 saturated carbocycles. The van der Waals surface area contributed by atoms with Crippen LogP contribution in [0.15, 0.2) is 27.4 Å². The van der Waals surface area contributed by atoms with Gasteiger partial charge in [-0.25, -0.2) is 4.79 Å². The van der Waals surface area contributed by atoms with Gasteiger partial charge in [0.2, 0.25) is 0 Å². The van der Waals surface area contributed by atoms with E-state index in [0.29, 0.717) is 16.7 Å². The Hall–Kier alpha value is -1.88. The molecule has 0 bridgehead atoms. The van der Waals surface area contributed by atoms with Crippen molar-refractivity contribution in [3.8, 4) is 0 Å². The molecule has 15 heavy (non-hydrogen) atoms. The summed E-state index contributed by atoms with van der Waals surface area (Å²) < 4.78 is 4.82. The second-order valence-corrected chi connectivity index (χ2v) is 3.18. The largest absolute Gasteiger partial charge is 0.417 e. The van der Waals surface area contributed by atoms with Gasteiger partial charge in [-0.1, -0.05) is 0 Å². The lowest BCUT2D eigenvalue weighted by molar-refractivity contribution is 0.0993. The predicted molar refractivity (Wildman–Crippen MR) is 55.1 cm³/mol. The van der Waals surface area contributed by atoms with Crippen molar-refractivity contribution in [3.05, 3.63) is 34.3 Å². The Bertz CT molecular complexity index is 553. The lowest BCUT2D eigenvalue weighted by Crippen LogP contribution is -2.18. The third-order valence-electron chi connectivity index (χ3n) is 2.08. The van der Waals surface area contributed by atoms with E-state index < -0.39 is 5.76 Å². The fourth-order valence-electron chi connectivity index (χ4n) is 1.39. The molecule has 1 heterocycles. The van der Waals surface area contributed by atoms with Crippen LogP contribution >= 0.6 is 0 Å². The highest BCUT2D eigenvalue weighted by atomic mass is 16.4. The molecule has 1 aromatic carbocycles. The Balaban J connectivity index is 2.46. The number of hydrogen-bond donors (Lipinski definition) is 2. The van der Waals surface area contributed by atoms with Crippen molar-refractivity contribution >= 4 is 16.9 Å². The molecule has 0 aliphatic rings. The summed E-state index contributed by atoms with van der Waals surface area (Å²) in [5, 5.41) is 2.77. The zero-order valence-electron chi connectivity index (χ0n) is 8.16. The van der Waals surface area contributed by atoms with E-state index in [-0.39, 0.29) is 12.3 Å². The van der Waals surface area contributed by atoms with E-state index in [2.05, 4.69) is 10.3 Å². The Morgan fingerprint density at radius 1 is 1.53 bits per heavy atom. The number of hydrogen-bond acceptors (Lipinski definition) is 4. The maximum atomic E-state index is 11.5. The maximum Gasteiger partial charge on any atom is 0.417 e. The number of rotatable bonds is 3. The highest BCUT2D eigenvalue weighted by Crippen LogP contribution is 2.12. The Kier molecular flexibility index (Phi) is 2.39. The smallest absolute Gasteiger partial charge is 0.408 e. The first-order chi connectivity index (χ1) is 7.20. The zero-order valence-corrected chi connectivity index (χ0v) is 8.16. The normalized spacial score (nSPS) is 10.7. The van der Waals surface area contributed by atoms with Gasteiger partial charge in [0.15, 0.2) is 11.4 Å². The van der Waals surface area contributed by atoms with Gasteiger partial charge in [-0.15, -0.1) is 0 Å². The highest BCUT2D eigenvalue weighted by molar-refractivity contribution is 5.99. The number of nitrogens with one attached hydrogen (secondary N) is 2. The summed E-state index contributed by atoms with van der Waals surface area (Å²) in [4.78, 5) is 24.9. The minimum Gasteiger partial charge on any atom is -0.408 e. The van der Waals surface area contributed by atoms with Crippen molar-refractivity contribution in [3.63, 3.8) is 0 Å². The topological polar surface area (TPSA) is 75.1 Å². The molecule has 2 N–H and O–H groups in total. The molecule has 0 aliphatic heterocycles. The summed E-state index contributed by atoms with van der Waals surface area (Å²) in [5.74, 6) is -0.537. The number of aromatic amines is 1. The summed E-state index contributed by atoms with van der Waals surface area (Å²) >= 11 is 0. The van der Waals surface area contributed by atoms with E-state index in [4.69, 9.17) is 4.42 Å². The van der Waals surface area contributed by atoms with Gasteiger partial charge in [0.25, 0.3) is 0 Å². The molecule has 2 rings (SSSR count). The van der Waals surface area contributed by atoms with Crippen LogP contribution in [0.2, 0.25) is 0 Å². The van der Waals surface area contributed by atoms with Crippen LogP contribution in [0, 0.1) is 0 Å². The maximum absolute atomic E-state index is 11.5. The summed E-state index contributed by atoms with van der Waals surface area (Å²) in [6, 6.07) is 4.86. The number of likely N-dealkylation sites (N-methyl/N-ethyl adjacent to an activating group) is 1. The number of carbonyl (C=O) groups is 1. The van der Waals surface area contributed by atoms with E-state index in [1.165, 1.54) is 0 Å². The molecular weight excluding hydrogens is 196 g/mol. The van der Waals surface area contributed by atoms with Crippen LogP contribution in [-0.4, -0.2) is 24.4 Å². The first-order valence-electron chi connectivity index (χ1n) is 4.51. The fraction of sp³-hybridized carbons (Fsp3) is 0.200. The monoisotopic (exact) mass is 206 g/mol. The van der Waals surface area contributed by atoms with Crippen LogP contribution in [0.4, 0.5) is 0 Å². The van der Waals surface area contributed by atoms with Crippen molar-refractivity contribution in [1.29, 1.82) is 0 Å². The number of H-pyrrole nitrogens is 1. The van der Waals surface area contributed by atoms with Gasteiger partial charge in [0.1, 0.15) is 0 Å². The number of fused-ring (bicyclic) bond motifs is 1. The number of aromatic nitrogens is 1. The second-order valence-electron chi connectivity index (χ2n) is 3.18. The summed E-state index contributed by atoms with van der Waals surface area (Å²) in [5.41, 5.74) is 1.55. The van der Waals surface area contributed by atoms with Gasteiger partial charge in [-0.3, -0.25) is 9.78 Å². The van der Waals surface area contributed by atoms with Crippen molar-refractivity contribution < 1.29 is 9.21 Å². The summed E-state index contributed by atoms with van der Waals surface area (Å²) in [7, 11) is 1.70. The van der Waals surface area contributed by atoms with Gasteiger partial charge in [0, 0.05) is 5.56 Å². The van der Waals surface area contributed by atoms with E-state index in [9.17, 15) is 9.59 Å². The molecule has 78 valence electrons. The van der Waals surface area contributed by atoms with Crippen molar-refractivity contribution in [2.75, 3.05) is 13.6 Å². The molecule has 0 fully saturated rings. The van der Waals surface area contributed by atoms with Crippen LogP contribution < -0.4 is 11.1 Å². The first-order valence-corrected chi connectivity index (χ1v) is 4.51. The van der Waals surface area contributed by atoms with Gasteiger partial charge in [0.05, 0.1) is 12.1 Å². The average Bonchev–Trinajstić information content (AvgIpc) is 2.57. The Morgan fingerprint density at radius 3 is 3.07 bits per heavy atom. The standard InChI is InChI=1S/C10H10N2O3/c1-11-5-8(13)6-2-3-9-7(4-6)12-10(14)15-9/h2-4,11H,5H2,1H3,(H,12,14). The first kappa shape index (κ1) is 9.67. The number of Topliss-reactive ketones (excluding diaryl/α,β-unsaturated/α-hetero) is 1. The molecule has 0 radical (unpaired) electrons. The van der Waals surface area contributed by atoms with Crippen LogP contribution in [0.5, 0.6) is 0 Å². The van der Waals surface area contributed by atoms with Crippen molar-refractivity contribution in [1.82, 2.24) is 10.3 Å². The molecule has 0 amide bonds. The van der Waals surface area contributed by atoms with E-state index in [1.54, 1.807) is 25.2 Å². The highest BCUT2D eigenvalue weighted by Gasteiger charge is 2.07. The third-order valence-corrected chi connectivity index (χ3v) is 2.08. The van der Waals surface area contributed by atoms with Gasteiger partial charge >= 0.3 is 5.76 Å². The molecule has 0 spiro atoms. The molecule has 5 nitrogen and oxygen atoms in total. The zero-order chi connectivity index (χ0) is 10.8. The molecule has 2 aromatic rings. The number of carbonyl (C=O) groups excluding carboxylic acids is 1. The minimum absolute atomic E-state index is 0.0264. The lowest BCUT2D eigenvalue weighted by atomic mass is 10.1. The Labute approximate surface area is 85.1 Å².